The fraction of sp³-hybridized carbons (Fsp3) is 0.167. The second-order valence-corrected chi connectivity index (χ2v) is 8.86. The van der Waals surface area contributed by atoms with Crippen LogP contribution in [-0.4, -0.2) is 16.2 Å². The van der Waals surface area contributed by atoms with Crippen molar-refractivity contribution in [2.75, 3.05) is 6.61 Å². The Balaban J connectivity index is 1.53. The Morgan fingerprint density at radius 3 is 2.25 bits per heavy atom. The van der Waals surface area contributed by atoms with Gasteiger partial charge in [0.1, 0.15) is 5.82 Å². The van der Waals surface area contributed by atoms with Crippen LogP contribution >= 0.6 is 46.4 Å². The Morgan fingerprint density at radius 2 is 1.53 bits per heavy atom. The van der Waals surface area contributed by atoms with E-state index in [0.717, 1.165) is 5.56 Å². The first-order chi connectivity index (χ1) is 15.4. The van der Waals surface area contributed by atoms with E-state index in [1.54, 1.807) is 34.9 Å². The first kappa shape index (κ1) is 22.9. The highest BCUT2D eigenvalue weighted by Crippen LogP contribution is 2.35. The number of hydrogen-bond donors (Lipinski definition) is 0. The minimum absolute atomic E-state index is 0.0785. The molecule has 4 rings (SSSR count). The van der Waals surface area contributed by atoms with Crippen molar-refractivity contribution >= 4 is 57.3 Å². The normalized spacial score (nSPS) is 11.1. The van der Waals surface area contributed by atoms with Crippen LogP contribution in [0.15, 0.2) is 65.5 Å². The summed E-state index contributed by atoms with van der Waals surface area (Å²) >= 11 is 24.3. The average Bonchev–Trinajstić information content (AvgIpc) is 2.77. The van der Waals surface area contributed by atoms with Crippen LogP contribution in [0, 0.1) is 0 Å². The summed E-state index contributed by atoms with van der Waals surface area (Å²) < 4.78 is 7.45. The highest BCUT2D eigenvalue weighted by molar-refractivity contribution is 6.40. The van der Waals surface area contributed by atoms with Gasteiger partial charge in [0.25, 0.3) is 5.56 Å². The second-order valence-electron chi connectivity index (χ2n) is 7.17. The third-order valence-electron chi connectivity index (χ3n) is 4.95. The van der Waals surface area contributed by atoms with Crippen molar-refractivity contribution in [3.05, 3.63) is 91.1 Å². The lowest BCUT2D eigenvalue weighted by molar-refractivity contribution is 0.303. The van der Waals surface area contributed by atoms with Crippen LogP contribution in [0.5, 0.6) is 5.75 Å². The Morgan fingerprint density at radius 1 is 0.844 bits per heavy atom. The first-order valence-corrected chi connectivity index (χ1v) is 11.5. The number of ether oxygens (including phenoxy) is 1. The molecule has 0 fully saturated rings. The molecule has 1 heterocycles. The summed E-state index contributed by atoms with van der Waals surface area (Å²) in [5, 5.41) is 2.39. The third kappa shape index (κ3) is 5.05. The average molecular weight is 508 g/mol. The summed E-state index contributed by atoms with van der Waals surface area (Å²) in [6.07, 6.45) is 1.39. The van der Waals surface area contributed by atoms with Crippen LogP contribution in [0.1, 0.15) is 12.8 Å². The quantitative estimate of drug-likeness (QED) is 0.243. The highest BCUT2D eigenvalue weighted by atomic mass is 35.5. The van der Waals surface area contributed by atoms with Crippen LogP contribution in [0.4, 0.5) is 0 Å². The molecule has 0 amide bonds. The van der Waals surface area contributed by atoms with Crippen molar-refractivity contribution in [3.8, 4) is 17.1 Å². The highest BCUT2D eigenvalue weighted by Gasteiger charge is 2.13. The number of fused-ring (bicyclic) bond motifs is 1. The monoisotopic (exact) mass is 506 g/mol. The van der Waals surface area contributed by atoms with Gasteiger partial charge in [-0.05, 0) is 61.4 Å². The minimum atomic E-state index is -0.0785. The van der Waals surface area contributed by atoms with Gasteiger partial charge in [-0.15, -0.1) is 0 Å². The maximum absolute atomic E-state index is 13.2. The molecule has 0 aliphatic rings. The van der Waals surface area contributed by atoms with Crippen LogP contribution in [0.2, 0.25) is 20.1 Å². The first-order valence-electron chi connectivity index (χ1n) is 9.97. The molecule has 32 heavy (non-hydrogen) atoms. The van der Waals surface area contributed by atoms with Crippen LogP contribution in [0.25, 0.3) is 22.3 Å². The molecule has 0 saturated carbocycles. The molecule has 4 nitrogen and oxygen atoms in total. The molecule has 0 atom stereocenters. The summed E-state index contributed by atoms with van der Waals surface area (Å²) in [6.45, 7) is 0.882. The standard InChI is InChI=1S/C24H18Cl4N2O2/c25-16-9-7-15(8-10-16)23-29-21-6-2-1-5-18(21)24(31)30(23)11-3-4-12-32-22-19(27)13-17(26)14-20(22)28/h1-2,5-10,13-14H,3-4,11-12H2. The van der Waals surface area contributed by atoms with Crippen molar-refractivity contribution in [2.45, 2.75) is 19.4 Å². The summed E-state index contributed by atoms with van der Waals surface area (Å²) in [7, 11) is 0. The Kier molecular flexibility index (Phi) is 7.27. The maximum Gasteiger partial charge on any atom is 0.261 e. The van der Waals surface area contributed by atoms with Crippen LogP contribution < -0.4 is 10.3 Å². The lowest BCUT2D eigenvalue weighted by atomic mass is 10.1. The van der Waals surface area contributed by atoms with E-state index in [2.05, 4.69) is 0 Å². The molecular weight excluding hydrogens is 490 g/mol. The molecule has 0 saturated heterocycles. The van der Waals surface area contributed by atoms with Gasteiger partial charge >= 0.3 is 0 Å². The number of hydrogen-bond acceptors (Lipinski definition) is 3. The third-order valence-corrected chi connectivity index (χ3v) is 5.98. The smallest absolute Gasteiger partial charge is 0.261 e. The molecule has 0 radical (unpaired) electrons. The van der Waals surface area contributed by atoms with Gasteiger partial charge in [-0.3, -0.25) is 9.36 Å². The number of rotatable bonds is 7. The molecule has 0 bridgehead atoms. The van der Waals surface area contributed by atoms with E-state index in [9.17, 15) is 4.79 Å². The van der Waals surface area contributed by atoms with Gasteiger partial charge in [0.05, 0.1) is 27.6 Å². The number of para-hydroxylation sites is 1. The molecule has 0 N–H and O–H groups in total. The van der Waals surface area contributed by atoms with Crippen molar-refractivity contribution in [1.82, 2.24) is 9.55 Å². The van der Waals surface area contributed by atoms with E-state index in [1.807, 2.05) is 30.3 Å². The van der Waals surface area contributed by atoms with Gasteiger partial charge in [0.2, 0.25) is 0 Å². The largest absolute Gasteiger partial charge is 0.490 e. The molecule has 3 aromatic carbocycles. The van der Waals surface area contributed by atoms with Crippen molar-refractivity contribution in [1.29, 1.82) is 0 Å². The number of halogens is 4. The zero-order chi connectivity index (χ0) is 22.7. The molecule has 4 aromatic rings. The lowest BCUT2D eigenvalue weighted by Gasteiger charge is -2.14. The Labute approximate surface area is 205 Å². The molecular formula is C24H18Cl4N2O2. The molecule has 164 valence electrons. The fourth-order valence-corrected chi connectivity index (χ4v) is 4.46. The van der Waals surface area contributed by atoms with E-state index in [4.69, 9.17) is 56.1 Å². The SMILES string of the molecule is O=c1c2ccccc2nc(-c2ccc(Cl)cc2)n1CCCCOc1c(Cl)cc(Cl)cc1Cl. The van der Waals surface area contributed by atoms with Crippen molar-refractivity contribution < 1.29 is 4.74 Å². The molecule has 0 unspecified atom stereocenters. The number of aromatic nitrogens is 2. The van der Waals surface area contributed by atoms with Crippen LogP contribution in [-0.2, 0) is 6.54 Å². The van der Waals surface area contributed by atoms with Gasteiger partial charge < -0.3 is 4.74 Å². The molecule has 0 aliphatic carbocycles. The van der Waals surface area contributed by atoms with Crippen molar-refractivity contribution in [3.63, 3.8) is 0 Å². The van der Waals surface area contributed by atoms with Gasteiger partial charge in [-0.2, -0.15) is 0 Å². The lowest BCUT2D eigenvalue weighted by Crippen LogP contribution is -2.24. The second kappa shape index (κ2) is 10.1. The van der Waals surface area contributed by atoms with Crippen LogP contribution in [0.3, 0.4) is 0 Å². The Bertz CT molecular complexity index is 1300. The van der Waals surface area contributed by atoms with Crippen molar-refractivity contribution in [2.24, 2.45) is 0 Å². The van der Waals surface area contributed by atoms with E-state index >= 15 is 0 Å². The van der Waals surface area contributed by atoms with Gasteiger partial charge in [0.15, 0.2) is 5.75 Å². The van der Waals surface area contributed by atoms with Gasteiger partial charge in [-0.1, -0.05) is 58.5 Å². The molecule has 1 aromatic heterocycles. The Hall–Kier alpha value is -2.24. The summed E-state index contributed by atoms with van der Waals surface area (Å²) in [4.78, 5) is 18.0. The van der Waals surface area contributed by atoms with E-state index in [0.29, 0.717) is 68.6 Å². The van der Waals surface area contributed by atoms with Gasteiger partial charge in [-0.25, -0.2) is 4.98 Å². The predicted octanol–water partition coefficient (Wildman–Crippen LogP) is 7.54. The number of benzene rings is 3. The summed E-state index contributed by atoms with van der Waals surface area (Å²) in [5.74, 6) is 1.01. The fourth-order valence-electron chi connectivity index (χ4n) is 3.41. The molecule has 0 aliphatic heterocycles. The van der Waals surface area contributed by atoms with Gasteiger partial charge in [0, 0.05) is 22.2 Å². The minimum Gasteiger partial charge on any atom is -0.490 e. The molecule has 0 spiro atoms. The summed E-state index contributed by atoms with van der Waals surface area (Å²) in [6, 6.07) is 17.8. The topological polar surface area (TPSA) is 44.1 Å². The number of unbranched alkanes of at least 4 members (excludes halogenated alkanes) is 1. The maximum atomic E-state index is 13.2. The molecule has 8 heteroatoms. The van der Waals surface area contributed by atoms with E-state index in [-0.39, 0.29) is 5.56 Å². The zero-order valence-electron chi connectivity index (χ0n) is 16.8. The van der Waals surface area contributed by atoms with E-state index < -0.39 is 0 Å². The van der Waals surface area contributed by atoms with E-state index in [1.165, 1.54) is 0 Å². The summed E-state index contributed by atoms with van der Waals surface area (Å²) in [5.41, 5.74) is 1.41. The number of nitrogens with zero attached hydrogens (tertiary/aromatic N) is 2. The predicted molar refractivity (Wildman–Crippen MR) is 133 cm³/mol. The zero-order valence-corrected chi connectivity index (χ0v) is 19.8.